The number of carbonyl (C=O) groups excluding carboxylic acids is 1. The molecule has 1 heterocycles. The van der Waals surface area contributed by atoms with Crippen LogP contribution in [0.15, 0.2) is 60.9 Å². The second-order valence-corrected chi connectivity index (χ2v) is 6.09. The van der Waals surface area contributed by atoms with E-state index in [0.717, 1.165) is 5.56 Å². The molecular weight excluding hydrogens is 356 g/mol. The molecule has 0 spiro atoms. The van der Waals surface area contributed by atoms with E-state index in [-0.39, 0.29) is 17.6 Å². The molecule has 3 aromatic rings. The summed E-state index contributed by atoms with van der Waals surface area (Å²) in [6.07, 6.45) is 1.35. The summed E-state index contributed by atoms with van der Waals surface area (Å²) in [6, 6.07) is 16.6. The Balaban J connectivity index is 1.74. The highest BCUT2D eigenvalue weighted by atomic mass is 16.5. The molecule has 1 aromatic heterocycles. The Labute approximate surface area is 163 Å². The topological polar surface area (TPSA) is 85.4 Å². The molecule has 0 radical (unpaired) electrons. The van der Waals surface area contributed by atoms with Crippen molar-refractivity contribution in [2.24, 2.45) is 0 Å². The van der Waals surface area contributed by atoms with Crippen LogP contribution >= 0.6 is 0 Å². The number of hydrogen-bond acceptors (Lipinski definition) is 6. The SMILES string of the molecule is COc1ccc(Nc2cc(C(=O)NC(C)c3ccccc3)ncn2)c(OC)c1. The van der Waals surface area contributed by atoms with Crippen molar-refractivity contribution in [3.8, 4) is 11.5 Å². The molecule has 0 saturated carbocycles. The highest BCUT2D eigenvalue weighted by molar-refractivity contribution is 5.93. The minimum atomic E-state index is -0.275. The highest BCUT2D eigenvalue weighted by Gasteiger charge is 2.14. The van der Waals surface area contributed by atoms with Gasteiger partial charge in [-0.3, -0.25) is 4.79 Å². The minimum Gasteiger partial charge on any atom is -0.497 e. The van der Waals surface area contributed by atoms with Crippen LogP contribution in [0.3, 0.4) is 0 Å². The molecular formula is C21H22N4O3. The Kier molecular flexibility index (Phi) is 6.06. The van der Waals surface area contributed by atoms with E-state index in [1.165, 1.54) is 6.33 Å². The summed E-state index contributed by atoms with van der Waals surface area (Å²) in [7, 11) is 3.16. The third-order valence-corrected chi connectivity index (χ3v) is 4.22. The summed E-state index contributed by atoms with van der Waals surface area (Å²) >= 11 is 0. The molecule has 0 bridgehead atoms. The minimum absolute atomic E-state index is 0.137. The lowest BCUT2D eigenvalue weighted by molar-refractivity contribution is 0.0934. The fourth-order valence-corrected chi connectivity index (χ4v) is 2.69. The zero-order valence-corrected chi connectivity index (χ0v) is 16.0. The predicted octanol–water partition coefficient (Wildman–Crippen LogP) is 3.73. The van der Waals surface area contributed by atoms with Crippen molar-refractivity contribution in [3.05, 3.63) is 72.2 Å². The molecule has 7 nitrogen and oxygen atoms in total. The van der Waals surface area contributed by atoms with Gasteiger partial charge in [0.2, 0.25) is 0 Å². The third kappa shape index (κ3) is 4.56. The number of carbonyl (C=O) groups is 1. The fraction of sp³-hybridized carbons (Fsp3) is 0.190. The van der Waals surface area contributed by atoms with Gasteiger partial charge >= 0.3 is 0 Å². The van der Waals surface area contributed by atoms with Gasteiger partial charge in [0, 0.05) is 12.1 Å². The average molecular weight is 378 g/mol. The smallest absolute Gasteiger partial charge is 0.270 e. The van der Waals surface area contributed by atoms with Gasteiger partial charge in [-0.05, 0) is 24.6 Å². The second kappa shape index (κ2) is 8.85. The number of methoxy groups -OCH3 is 2. The van der Waals surface area contributed by atoms with Gasteiger partial charge in [-0.25, -0.2) is 9.97 Å². The van der Waals surface area contributed by atoms with E-state index in [1.54, 1.807) is 32.4 Å². The summed E-state index contributed by atoms with van der Waals surface area (Å²) in [6.45, 7) is 1.93. The number of benzene rings is 2. The molecule has 0 aliphatic carbocycles. The number of ether oxygens (including phenoxy) is 2. The quantitative estimate of drug-likeness (QED) is 0.652. The van der Waals surface area contributed by atoms with Crippen molar-refractivity contribution in [2.75, 3.05) is 19.5 Å². The number of hydrogen-bond donors (Lipinski definition) is 2. The summed E-state index contributed by atoms with van der Waals surface area (Å²) in [5.41, 5.74) is 1.99. The molecule has 144 valence electrons. The van der Waals surface area contributed by atoms with E-state index in [1.807, 2.05) is 43.3 Å². The van der Waals surface area contributed by atoms with Crippen LogP contribution in [0, 0.1) is 0 Å². The first-order chi connectivity index (χ1) is 13.6. The number of anilines is 2. The molecule has 7 heteroatoms. The van der Waals surface area contributed by atoms with Crippen LogP contribution in [0.5, 0.6) is 11.5 Å². The summed E-state index contributed by atoms with van der Waals surface area (Å²) < 4.78 is 10.6. The Morgan fingerprint density at radius 1 is 1.00 bits per heavy atom. The molecule has 0 aliphatic heterocycles. The van der Waals surface area contributed by atoms with Gasteiger partial charge in [-0.1, -0.05) is 30.3 Å². The maximum Gasteiger partial charge on any atom is 0.270 e. The van der Waals surface area contributed by atoms with Crippen LogP contribution < -0.4 is 20.1 Å². The summed E-state index contributed by atoms with van der Waals surface area (Å²) in [4.78, 5) is 20.8. The molecule has 28 heavy (non-hydrogen) atoms. The van der Waals surface area contributed by atoms with E-state index in [4.69, 9.17) is 9.47 Å². The van der Waals surface area contributed by atoms with Crippen molar-refractivity contribution in [3.63, 3.8) is 0 Å². The van der Waals surface area contributed by atoms with Crippen molar-refractivity contribution in [1.29, 1.82) is 0 Å². The van der Waals surface area contributed by atoms with Crippen LogP contribution in [-0.4, -0.2) is 30.1 Å². The van der Waals surface area contributed by atoms with Gasteiger partial charge in [0.05, 0.1) is 25.9 Å². The van der Waals surface area contributed by atoms with E-state index in [0.29, 0.717) is 23.0 Å². The first kappa shape index (κ1) is 19.2. The molecule has 0 fully saturated rings. The third-order valence-electron chi connectivity index (χ3n) is 4.22. The molecule has 1 atom stereocenters. The normalized spacial score (nSPS) is 11.4. The molecule has 1 unspecified atom stereocenters. The monoisotopic (exact) mass is 378 g/mol. The van der Waals surface area contributed by atoms with Crippen LogP contribution in [0.2, 0.25) is 0 Å². The Hall–Kier alpha value is -3.61. The van der Waals surface area contributed by atoms with Gasteiger partial charge < -0.3 is 20.1 Å². The van der Waals surface area contributed by atoms with Gasteiger partial charge in [-0.2, -0.15) is 0 Å². The standard InChI is InChI=1S/C21H22N4O3/c1-14(15-7-5-4-6-8-15)24-21(26)18-12-20(23-13-22-18)25-17-10-9-16(27-2)11-19(17)28-3/h4-14H,1-3H3,(H,24,26)(H,22,23,25). The van der Waals surface area contributed by atoms with Crippen molar-refractivity contribution >= 4 is 17.4 Å². The second-order valence-electron chi connectivity index (χ2n) is 6.09. The fourth-order valence-electron chi connectivity index (χ4n) is 2.69. The average Bonchev–Trinajstić information content (AvgIpc) is 2.74. The van der Waals surface area contributed by atoms with Crippen molar-refractivity contribution < 1.29 is 14.3 Å². The Morgan fingerprint density at radius 2 is 1.79 bits per heavy atom. The van der Waals surface area contributed by atoms with E-state index in [2.05, 4.69) is 20.6 Å². The maximum absolute atomic E-state index is 12.6. The Morgan fingerprint density at radius 3 is 2.50 bits per heavy atom. The van der Waals surface area contributed by atoms with Gasteiger partial charge in [0.15, 0.2) is 0 Å². The van der Waals surface area contributed by atoms with Gasteiger partial charge in [0.25, 0.3) is 5.91 Å². The van der Waals surface area contributed by atoms with Crippen molar-refractivity contribution in [1.82, 2.24) is 15.3 Å². The van der Waals surface area contributed by atoms with Gasteiger partial charge in [-0.15, -0.1) is 0 Å². The zero-order valence-electron chi connectivity index (χ0n) is 16.0. The first-order valence-electron chi connectivity index (χ1n) is 8.77. The number of aromatic nitrogens is 2. The van der Waals surface area contributed by atoms with Gasteiger partial charge in [0.1, 0.15) is 29.3 Å². The Bertz CT molecular complexity index is 947. The predicted molar refractivity (Wildman–Crippen MR) is 107 cm³/mol. The molecule has 2 N–H and O–H groups in total. The maximum atomic E-state index is 12.6. The lowest BCUT2D eigenvalue weighted by Crippen LogP contribution is -2.27. The van der Waals surface area contributed by atoms with Crippen molar-refractivity contribution in [2.45, 2.75) is 13.0 Å². The zero-order chi connectivity index (χ0) is 19.9. The summed E-state index contributed by atoms with van der Waals surface area (Å²) in [5.74, 6) is 1.49. The lowest BCUT2D eigenvalue weighted by Gasteiger charge is -2.15. The summed E-state index contributed by atoms with van der Waals surface area (Å²) in [5, 5.41) is 6.09. The van der Waals surface area contributed by atoms with Crippen LogP contribution in [0.25, 0.3) is 0 Å². The molecule has 2 aromatic carbocycles. The number of amides is 1. The molecule has 0 aliphatic rings. The molecule has 3 rings (SSSR count). The lowest BCUT2D eigenvalue weighted by atomic mass is 10.1. The van der Waals surface area contributed by atoms with E-state index in [9.17, 15) is 4.79 Å². The number of rotatable bonds is 7. The highest BCUT2D eigenvalue weighted by Crippen LogP contribution is 2.31. The molecule has 0 saturated heterocycles. The van der Waals surface area contributed by atoms with Crippen LogP contribution in [-0.2, 0) is 0 Å². The van der Waals surface area contributed by atoms with Crippen LogP contribution in [0.1, 0.15) is 29.0 Å². The van der Waals surface area contributed by atoms with Crippen LogP contribution in [0.4, 0.5) is 11.5 Å². The number of nitrogens with one attached hydrogen (secondary N) is 2. The number of nitrogens with zero attached hydrogens (tertiary/aromatic N) is 2. The largest absolute Gasteiger partial charge is 0.497 e. The van der Waals surface area contributed by atoms with E-state index >= 15 is 0 Å². The first-order valence-corrected chi connectivity index (χ1v) is 8.77. The van der Waals surface area contributed by atoms with E-state index < -0.39 is 0 Å². The molecule has 1 amide bonds.